The Labute approximate surface area is 122 Å². The Hall–Kier alpha value is -0.910. The molecule has 0 spiro atoms. The van der Waals surface area contributed by atoms with E-state index < -0.39 is 16.1 Å². The molecule has 5 heteroatoms. The minimum Gasteiger partial charge on any atom is -0.391 e. The van der Waals surface area contributed by atoms with E-state index in [4.69, 9.17) is 0 Å². The highest BCUT2D eigenvalue weighted by Crippen LogP contribution is 2.23. The fourth-order valence-electron chi connectivity index (χ4n) is 1.65. The first-order valence-corrected chi connectivity index (χ1v) is 8.30. The van der Waals surface area contributed by atoms with Crippen molar-refractivity contribution in [2.75, 3.05) is 6.54 Å². The molecule has 0 aromatic heterocycles. The van der Waals surface area contributed by atoms with Gasteiger partial charge in [0, 0.05) is 6.54 Å². The molecule has 2 N–H and O–H groups in total. The first kappa shape index (κ1) is 17.1. The van der Waals surface area contributed by atoms with Crippen molar-refractivity contribution in [3.05, 3.63) is 29.8 Å². The summed E-state index contributed by atoms with van der Waals surface area (Å²) in [5.74, 6) is 0.0148. The number of hydrogen-bond donors (Lipinski definition) is 2. The minimum absolute atomic E-state index is 0.0104. The molecule has 1 aromatic rings. The van der Waals surface area contributed by atoms with Crippen LogP contribution in [0.15, 0.2) is 29.2 Å². The maximum Gasteiger partial charge on any atom is 0.240 e. The van der Waals surface area contributed by atoms with Crippen molar-refractivity contribution in [2.45, 2.75) is 51.0 Å². The van der Waals surface area contributed by atoms with Crippen LogP contribution in [0.3, 0.4) is 0 Å². The summed E-state index contributed by atoms with van der Waals surface area (Å²) in [7, 11) is -3.56. The van der Waals surface area contributed by atoms with Crippen LogP contribution in [0.5, 0.6) is 0 Å². The lowest BCUT2D eigenvalue weighted by Crippen LogP contribution is -2.34. The van der Waals surface area contributed by atoms with Crippen molar-refractivity contribution in [1.82, 2.24) is 4.72 Å². The third kappa shape index (κ3) is 4.58. The molecule has 0 bridgehead atoms. The maximum atomic E-state index is 12.1. The van der Waals surface area contributed by atoms with Gasteiger partial charge in [0.15, 0.2) is 0 Å². The quantitative estimate of drug-likeness (QED) is 0.876. The van der Waals surface area contributed by atoms with Crippen LogP contribution in [0.4, 0.5) is 0 Å². The largest absolute Gasteiger partial charge is 0.391 e. The molecular formula is C15H25NO3S. The summed E-state index contributed by atoms with van der Waals surface area (Å²) < 4.78 is 26.6. The van der Waals surface area contributed by atoms with Crippen LogP contribution in [-0.2, 0) is 15.4 Å². The van der Waals surface area contributed by atoms with Crippen LogP contribution < -0.4 is 4.72 Å². The molecule has 0 saturated heterocycles. The first-order valence-electron chi connectivity index (χ1n) is 6.82. The number of aliphatic hydroxyl groups is 1. The molecule has 0 heterocycles. The second-order valence-corrected chi connectivity index (χ2v) is 8.20. The topological polar surface area (TPSA) is 66.4 Å². The van der Waals surface area contributed by atoms with Gasteiger partial charge in [-0.15, -0.1) is 0 Å². The molecular weight excluding hydrogens is 274 g/mol. The normalized spacial score (nSPS) is 14.6. The second-order valence-electron chi connectivity index (χ2n) is 6.44. The third-order valence-electron chi connectivity index (χ3n) is 3.28. The maximum absolute atomic E-state index is 12.1. The Bertz CT molecular complexity index is 527. The van der Waals surface area contributed by atoms with Gasteiger partial charge in [0.25, 0.3) is 0 Å². The molecule has 1 aromatic carbocycles. The summed E-state index contributed by atoms with van der Waals surface area (Å²) in [4.78, 5) is 0.224. The summed E-state index contributed by atoms with van der Waals surface area (Å²) in [6.07, 6.45) is -0.682. The van der Waals surface area contributed by atoms with Gasteiger partial charge in [0.1, 0.15) is 0 Å². The lowest BCUT2D eigenvalue weighted by Gasteiger charge is -2.19. The van der Waals surface area contributed by atoms with E-state index >= 15 is 0 Å². The van der Waals surface area contributed by atoms with E-state index in [1.54, 1.807) is 12.1 Å². The van der Waals surface area contributed by atoms with Gasteiger partial charge in [0.05, 0.1) is 11.0 Å². The lowest BCUT2D eigenvalue weighted by atomic mass is 9.87. The standard InChI is InChI=1S/C15H25NO3S/c1-11(2)14(17)10-16-20(18,19)13-8-6-12(7-9-13)15(3,4)5/h6-9,11,14,16-17H,10H2,1-5H3. The van der Waals surface area contributed by atoms with Crippen molar-refractivity contribution in [3.8, 4) is 0 Å². The highest BCUT2D eigenvalue weighted by molar-refractivity contribution is 7.89. The van der Waals surface area contributed by atoms with Crippen LogP contribution in [-0.4, -0.2) is 26.2 Å². The van der Waals surface area contributed by atoms with Gasteiger partial charge < -0.3 is 5.11 Å². The van der Waals surface area contributed by atoms with Gasteiger partial charge >= 0.3 is 0 Å². The molecule has 0 fully saturated rings. The predicted molar refractivity (Wildman–Crippen MR) is 81.2 cm³/mol. The van der Waals surface area contributed by atoms with Gasteiger partial charge in [-0.05, 0) is 29.0 Å². The summed E-state index contributed by atoms with van der Waals surface area (Å²) in [5, 5.41) is 9.66. The zero-order chi connectivity index (χ0) is 15.6. The first-order chi connectivity index (χ1) is 9.04. The molecule has 114 valence electrons. The van der Waals surface area contributed by atoms with E-state index in [0.29, 0.717) is 0 Å². The smallest absolute Gasteiger partial charge is 0.240 e. The molecule has 0 aliphatic rings. The Balaban J connectivity index is 2.83. The molecule has 0 aliphatic heterocycles. The third-order valence-corrected chi connectivity index (χ3v) is 4.72. The van der Waals surface area contributed by atoms with Crippen molar-refractivity contribution < 1.29 is 13.5 Å². The molecule has 0 saturated carbocycles. The molecule has 0 radical (unpaired) electrons. The zero-order valence-electron chi connectivity index (χ0n) is 12.8. The average Bonchev–Trinajstić information content (AvgIpc) is 2.35. The van der Waals surface area contributed by atoms with Crippen molar-refractivity contribution in [1.29, 1.82) is 0 Å². The monoisotopic (exact) mass is 299 g/mol. The van der Waals surface area contributed by atoms with Crippen LogP contribution in [0.1, 0.15) is 40.2 Å². The molecule has 20 heavy (non-hydrogen) atoms. The highest BCUT2D eigenvalue weighted by Gasteiger charge is 2.19. The van der Waals surface area contributed by atoms with Gasteiger partial charge in [-0.3, -0.25) is 0 Å². The van der Waals surface area contributed by atoms with Gasteiger partial charge in [-0.1, -0.05) is 46.8 Å². The van der Waals surface area contributed by atoms with Gasteiger partial charge in [-0.2, -0.15) is 0 Å². The molecule has 4 nitrogen and oxygen atoms in total. The Kier molecular flexibility index (Phi) is 5.35. The molecule has 0 aliphatic carbocycles. The number of hydrogen-bond acceptors (Lipinski definition) is 3. The van der Waals surface area contributed by atoms with Crippen LogP contribution in [0, 0.1) is 5.92 Å². The second kappa shape index (κ2) is 6.24. The van der Waals surface area contributed by atoms with Crippen molar-refractivity contribution in [3.63, 3.8) is 0 Å². The van der Waals surface area contributed by atoms with E-state index in [9.17, 15) is 13.5 Å². The number of nitrogens with one attached hydrogen (secondary N) is 1. The Morgan fingerprint density at radius 1 is 1.15 bits per heavy atom. The molecule has 1 rings (SSSR count). The fourth-order valence-corrected chi connectivity index (χ4v) is 2.70. The van der Waals surface area contributed by atoms with E-state index in [2.05, 4.69) is 25.5 Å². The van der Waals surface area contributed by atoms with Crippen molar-refractivity contribution in [2.24, 2.45) is 5.92 Å². The Morgan fingerprint density at radius 2 is 1.65 bits per heavy atom. The number of aliphatic hydroxyl groups excluding tert-OH is 1. The van der Waals surface area contributed by atoms with Gasteiger partial charge in [0.2, 0.25) is 10.0 Å². The fraction of sp³-hybridized carbons (Fsp3) is 0.600. The Morgan fingerprint density at radius 3 is 2.05 bits per heavy atom. The van der Waals surface area contributed by atoms with E-state index in [1.807, 2.05) is 26.0 Å². The van der Waals surface area contributed by atoms with Crippen LogP contribution in [0.2, 0.25) is 0 Å². The summed E-state index contributed by atoms with van der Waals surface area (Å²) in [6.45, 7) is 9.95. The minimum atomic E-state index is -3.56. The highest BCUT2D eigenvalue weighted by atomic mass is 32.2. The van der Waals surface area contributed by atoms with Crippen molar-refractivity contribution >= 4 is 10.0 Å². The van der Waals surface area contributed by atoms with Crippen LogP contribution >= 0.6 is 0 Å². The molecule has 0 amide bonds. The zero-order valence-corrected chi connectivity index (χ0v) is 13.7. The molecule has 1 atom stereocenters. The van der Waals surface area contributed by atoms with E-state index in [0.717, 1.165) is 5.56 Å². The van der Waals surface area contributed by atoms with E-state index in [-0.39, 0.29) is 22.8 Å². The number of rotatable bonds is 5. The molecule has 1 unspecified atom stereocenters. The summed E-state index contributed by atoms with van der Waals surface area (Å²) in [6, 6.07) is 6.86. The lowest BCUT2D eigenvalue weighted by molar-refractivity contribution is 0.129. The SMILES string of the molecule is CC(C)C(O)CNS(=O)(=O)c1ccc(C(C)(C)C)cc1. The van der Waals surface area contributed by atoms with Gasteiger partial charge in [-0.25, -0.2) is 13.1 Å². The van der Waals surface area contributed by atoms with E-state index in [1.165, 1.54) is 0 Å². The predicted octanol–water partition coefficient (Wildman–Crippen LogP) is 2.28. The number of sulfonamides is 1. The summed E-state index contributed by atoms with van der Waals surface area (Å²) >= 11 is 0. The summed E-state index contributed by atoms with van der Waals surface area (Å²) in [5.41, 5.74) is 1.07. The average molecular weight is 299 g/mol. The van der Waals surface area contributed by atoms with Crippen LogP contribution in [0.25, 0.3) is 0 Å². The number of benzene rings is 1.